The number of fused-ring (bicyclic) bond motifs is 1. The average molecular weight is 298 g/mol. The number of hydrogen-bond donors (Lipinski definition) is 1. The van der Waals surface area contributed by atoms with Crippen molar-refractivity contribution in [1.29, 1.82) is 5.26 Å². The lowest BCUT2D eigenvalue weighted by molar-refractivity contribution is -0.132. The number of nitriles is 1. The Bertz CT molecular complexity index is 684. The van der Waals surface area contributed by atoms with Gasteiger partial charge in [0, 0.05) is 11.4 Å². The van der Waals surface area contributed by atoms with Crippen LogP contribution in [-0.2, 0) is 4.79 Å². The lowest BCUT2D eigenvalue weighted by Gasteiger charge is -2.17. The number of benzene rings is 1. The summed E-state index contributed by atoms with van der Waals surface area (Å²) in [5.74, 6) is -1.22. The fourth-order valence-corrected chi connectivity index (χ4v) is 3.09. The van der Waals surface area contributed by atoms with Crippen LogP contribution in [-0.4, -0.2) is 17.6 Å². The molecule has 21 heavy (non-hydrogen) atoms. The number of rotatable bonds is 4. The van der Waals surface area contributed by atoms with Crippen LogP contribution in [0.15, 0.2) is 64.1 Å². The van der Waals surface area contributed by atoms with Crippen molar-refractivity contribution >= 4 is 23.4 Å². The largest absolute Gasteiger partial charge is 0.477 e. The zero-order valence-corrected chi connectivity index (χ0v) is 12.3. The van der Waals surface area contributed by atoms with Crippen LogP contribution in [0.5, 0.6) is 0 Å². The van der Waals surface area contributed by atoms with Gasteiger partial charge in [0.05, 0.1) is 10.7 Å². The van der Waals surface area contributed by atoms with Crippen molar-refractivity contribution in [3.8, 4) is 6.07 Å². The van der Waals surface area contributed by atoms with Crippen LogP contribution in [0.25, 0.3) is 0 Å². The SMILES string of the molecule is CCN1C(=CC=CC=C(C#N)C(=O)O)Sc2ccccc21. The van der Waals surface area contributed by atoms with E-state index in [1.807, 2.05) is 18.2 Å². The molecule has 0 radical (unpaired) electrons. The zero-order chi connectivity index (χ0) is 15.2. The summed E-state index contributed by atoms with van der Waals surface area (Å²) in [6.45, 7) is 2.94. The Kier molecular flexibility index (Phi) is 4.85. The third kappa shape index (κ3) is 3.36. The first kappa shape index (κ1) is 14.9. The molecule has 106 valence electrons. The first-order valence-corrected chi connectivity index (χ1v) is 7.25. The van der Waals surface area contributed by atoms with Crippen molar-refractivity contribution in [3.05, 3.63) is 59.2 Å². The van der Waals surface area contributed by atoms with Crippen LogP contribution in [0.2, 0.25) is 0 Å². The number of carboxylic acids is 1. The van der Waals surface area contributed by atoms with Crippen molar-refractivity contribution in [2.45, 2.75) is 11.8 Å². The number of aliphatic carboxylic acids is 1. The van der Waals surface area contributed by atoms with Gasteiger partial charge in [-0.25, -0.2) is 4.79 Å². The summed E-state index contributed by atoms with van der Waals surface area (Å²) < 4.78 is 0. The molecule has 4 nitrogen and oxygen atoms in total. The van der Waals surface area contributed by atoms with E-state index in [4.69, 9.17) is 10.4 Å². The molecule has 0 amide bonds. The van der Waals surface area contributed by atoms with Gasteiger partial charge in [-0.3, -0.25) is 0 Å². The van der Waals surface area contributed by atoms with Crippen LogP contribution in [0.3, 0.4) is 0 Å². The second kappa shape index (κ2) is 6.82. The van der Waals surface area contributed by atoms with Gasteiger partial charge in [-0.15, -0.1) is 0 Å². The van der Waals surface area contributed by atoms with E-state index in [-0.39, 0.29) is 5.57 Å². The van der Waals surface area contributed by atoms with Gasteiger partial charge >= 0.3 is 5.97 Å². The third-order valence-electron chi connectivity index (χ3n) is 2.92. The number of para-hydroxylation sites is 1. The molecular formula is C16H14N2O2S. The Morgan fingerprint density at radius 1 is 1.43 bits per heavy atom. The van der Waals surface area contributed by atoms with Gasteiger partial charge in [0.25, 0.3) is 0 Å². The summed E-state index contributed by atoms with van der Waals surface area (Å²) in [6, 6.07) is 9.81. The molecule has 0 saturated heterocycles. The van der Waals surface area contributed by atoms with Crippen LogP contribution in [0.1, 0.15) is 6.92 Å². The standard InChI is InChI=1S/C16H14N2O2S/c1-2-18-13-8-4-5-9-14(13)21-15(18)10-6-3-7-12(11-17)16(19)20/h3-10H,2H2,1H3,(H,19,20). The van der Waals surface area contributed by atoms with E-state index in [1.165, 1.54) is 16.7 Å². The zero-order valence-electron chi connectivity index (χ0n) is 11.5. The summed E-state index contributed by atoms with van der Waals surface area (Å²) >= 11 is 1.67. The minimum absolute atomic E-state index is 0.278. The van der Waals surface area contributed by atoms with E-state index in [0.717, 1.165) is 11.6 Å². The van der Waals surface area contributed by atoms with Crippen molar-refractivity contribution in [2.75, 3.05) is 11.4 Å². The quantitative estimate of drug-likeness (QED) is 0.523. The molecule has 1 aliphatic heterocycles. The first-order chi connectivity index (χ1) is 10.2. The molecular weight excluding hydrogens is 284 g/mol. The van der Waals surface area contributed by atoms with Gasteiger partial charge in [0.15, 0.2) is 0 Å². The number of anilines is 1. The summed E-state index contributed by atoms with van der Waals surface area (Å²) in [4.78, 5) is 14.1. The number of carboxylic acid groups (broad SMARTS) is 1. The van der Waals surface area contributed by atoms with Crippen molar-refractivity contribution in [2.24, 2.45) is 0 Å². The van der Waals surface area contributed by atoms with Crippen molar-refractivity contribution in [1.82, 2.24) is 0 Å². The lowest BCUT2D eigenvalue weighted by atomic mass is 10.2. The number of hydrogen-bond acceptors (Lipinski definition) is 4. The molecule has 1 aromatic carbocycles. The molecule has 1 heterocycles. The van der Waals surface area contributed by atoms with Gasteiger partial charge in [-0.2, -0.15) is 5.26 Å². The van der Waals surface area contributed by atoms with Gasteiger partial charge < -0.3 is 10.0 Å². The molecule has 0 aliphatic carbocycles. The van der Waals surface area contributed by atoms with E-state index in [1.54, 1.807) is 30.0 Å². The van der Waals surface area contributed by atoms with Crippen LogP contribution < -0.4 is 4.90 Å². The Balaban J connectivity index is 2.17. The number of carbonyl (C=O) groups is 1. The second-order valence-corrected chi connectivity index (χ2v) is 5.26. The molecule has 0 unspecified atom stereocenters. The molecule has 0 spiro atoms. The van der Waals surface area contributed by atoms with Crippen LogP contribution in [0, 0.1) is 11.3 Å². The van der Waals surface area contributed by atoms with Gasteiger partial charge in [-0.05, 0) is 31.2 Å². The maximum absolute atomic E-state index is 10.7. The molecule has 5 heteroatoms. The monoisotopic (exact) mass is 298 g/mol. The Hall–Kier alpha value is -2.45. The molecule has 1 N–H and O–H groups in total. The summed E-state index contributed by atoms with van der Waals surface area (Å²) in [6.07, 6.45) is 6.53. The Labute approximate surface area is 127 Å². The highest BCUT2D eigenvalue weighted by molar-refractivity contribution is 8.03. The smallest absolute Gasteiger partial charge is 0.346 e. The Morgan fingerprint density at radius 3 is 2.86 bits per heavy atom. The second-order valence-electron chi connectivity index (χ2n) is 4.20. The molecule has 1 aromatic rings. The third-order valence-corrected chi connectivity index (χ3v) is 4.05. The van der Waals surface area contributed by atoms with Crippen molar-refractivity contribution in [3.63, 3.8) is 0 Å². The van der Waals surface area contributed by atoms with Crippen LogP contribution in [0.4, 0.5) is 5.69 Å². The minimum atomic E-state index is -1.22. The molecule has 0 aromatic heterocycles. The topological polar surface area (TPSA) is 64.3 Å². The number of allylic oxidation sites excluding steroid dienone is 4. The fourth-order valence-electron chi connectivity index (χ4n) is 1.95. The molecule has 0 saturated carbocycles. The predicted octanol–water partition coefficient (Wildman–Crippen LogP) is 3.55. The highest BCUT2D eigenvalue weighted by Gasteiger charge is 2.22. The maximum atomic E-state index is 10.7. The van der Waals surface area contributed by atoms with E-state index >= 15 is 0 Å². The van der Waals surface area contributed by atoms with Crippen LogP contribution >= 0.6 is 11.8 Å². The highest BCUT2D eigenvalue weighted by Crippen LogP contribution is 2.45. The van der Waals surface area contributed by atoms with Gasteiger partial charge in [0.2, 0.25) is 0 Å². The molecule has 0 bridgehead atoms. The van der Waals surface area contributed by atoms with E-state index in [9.17, 15) is 4.79 Å². The van der Waals surface area contributed by atoms with Gasteiger partial charge in [0.1, 0.15) is 11.6 Å². The predicted molar refractivity (Wildman–Crippen MR) is 83.9 cm³/mol. The highest BCUT2D eigenvalue weighted by atomic mass is 32.2. The van der Waals surface area contributed by atoms with E-state index < -0.39 is 5.97 Å². The number of thioether (sulfide) groups is 1. The van der Waals surface area contributed by atoms with E-state index in [0.29, 0.717) is 0 Å². The average Bonchev–Trinajstić information content (AvgIpc) is 2.84. The molecule has 0 atom stereocenters. The number of nitrogens with zero attached hydrogens (tertiary/aromatic N) is 2. The molecule has 0 fully saturated rings. The maximum Gasteiger partial charge on any atom is 0.346 e. The fraction of sp³-hybridized carbons (Fsp3) is 0.125. The summed E-state index contributed by atoms with van der Waals surface area (Å²) in [7, 11) is 0. The molecule has 1 aliphatic rings. The normalized spacial score (nSPS) is 16.3. The Morgan fingerprint density at radius 2 is 2.19 bits per heavy atom. The lowest BCUT2D eigenvalue weighted by Crippen LogP contribution is -2.16. The summed E-state index contributed by atoms with van der Waals surface area (Å²) in [5, 5.41) is 18.5. The van der Waals surface area contributed by atoms with Gasteiger partial charge in [-0.1, -0.05) is 36.0 Å². The van der Waals surface area contributed by atoms with Crippen molar-refractivity contribution < 1.29 is 9.90 Å². The first-order valence-electron chi connectivity index (χ1n) is 6.43. The molecule has 2 rings (SSSR count). The minimum Gasteiger partial charge on any atom is -0.477 e. The summed E-state index contributed by atoms with van der Waals surface area (Å²) in [5.41, 5.74) is 0.905. The van der Waals surface area contributed by atoms with E-state index in [2.05, 4.69) is 24.0 Å².